The molecule has 1 aromatic rings. The topological polar surface area (TPSA) is 73.7 Å². The number of nitrogens with zero attached hydrogens (tertiary/aromatic N) is 3. The Bertz CT molecular complexity index is 573. The first kappa shape index (κ1) is 16.9. The minimum Gasteiger partial charge on any atom is -0.480 e. The Kier molecular flexibility index (Phi) is 4.85. The van der Waals surface area contributed by atoms with Crippen molar-refractivity contribution >= 4 is 11.9 Å². The number of hydrogen-bond donors (Lipinski definition) is 1. The lowest BCUT2D eigenvalue weighted by Gasteiger charge is -2.39. The average molecular weight is 331 g/mol. The molecule has 0 bridgehead atoms. The van der Waals surface area contributed by atoms with Gasteiger partial charge in [0, 0.05) is 38.3 Å². The lowest BCUT2D eigenvalue weighted by Crippen LogP contribution is -2.43. The summed E-state index contributed by atoms with van der Waals surface area (Å²) in [6.45, 7) is 4.96. The lowest BCUT2D eigenvalue weighted by molar-refractivity contribution is -0.147. The highest BCUT2D eigenvalue weighted by Crippen LogP contribution is 2.43. The summed E-state index contributed by atoms with van der Waals surface area (Å²) >= 11 is 0. The number of piperidine rings is 1. The average Bonchev–Trinajstić information content (AvgIpc) is 2.96. The van der Waals surface area contributed by atoms with E-state index >= 15 is 0 Å². The predicted molar refractivity (Wildman–Crippen MR) is 89.5 cm³/mol. The molecule has 1 spiro atoms. The first-order chi connectivity index (χ1) is 11.5. The second kappa shape index (κ2) is 6.89. The molecule has 2 aliphatic rings. The van der Waals surface area contributed by atoms with Crippen molar-refractivity contribution in [2.75, 3.05) is 26.2 Å². The highest BCUT2D eigenvalue weighted by Gasteiger charge is 2.48. The molecule has 6 nitrogen and oxygen atoms in total. The van der Waals surface area contributed by atoms with Crippen LogP contribution < -0.4 is 0 Å². The smallest absolute Gasteiger partial charge is 0.326 e. The summed E-state index contributed by atoms with van der Waals surface area (Å²) < 4.78 is 0. The van der Waals surface area contributed by atoms with Gasteiger partial charge in [-0.25, -0.2) is 4.79 Å². The third-order valence-electron chi connectivity index (χ3n) is 5.52. The van der Waals surface area contributed by atoms with Crippen molar-refractivity contribution in [2.24, 2.45) is 5.41 Å². The molecule has 6 heteroatoms. The van der Waals surface area contributed by atoms with E-state index in [0.29, 0.717) is 13.0 Å². The molecule has 2 saturated heterocycles. The van der Waals surface area contributed by atoms with Crippen LogP contribution in [0, 0.1) is 5.41 Å². The summed E-state index contributed by atoms with van der Waals surface area (Å²) in [5, 5.41) is 9.40. The molecule has 2 fully saturated rings. The first-order valence-corrected chi connectivity index (χ1v) is 8.61. The summed E-state index contributed by atoms with van der Waals surface area (Å²) in [4.78, 5) is 31.5. The Labute approximate surface area is 142 Å². The SMILES string of the molecule is CC(=O)N1CC2(CCN(CCc3ccccn3)CC2)CC1C(=O)O. The van der Waals surface area contributed by atoms with E-state index in [1.807, 2.05) is 24.4 Å². The molecular weight excluding hydrogens is 306 g/mol. The Morgan fingerprint density at radius 2 is 2.08 bits per heavy atom. The van der Waals surface area contributed by atoms with Crippen molar-refractivity contribution in [1.29, 1.82) is 0 Å². The Hall–Kier alpha value is -1.95. The summed E-state index contributed by atoms with van der Waals surface area (Å²) in [7, 11) is 0. The molecule has 3 rings (SSSR count). The van der Waals surface area contributed by atoms with E-state index in [-0.39, 0.29) is 11.3 Å². The van der Waals surface area contributed by atoms with Gasteiger partial charge in [-0.15, -0.1) is 0 Å². The van der Waals surface area contributed by atoms with Gasteiger partial charge in [-0.1, -0.05) is 6.07 Å². The van der Waals surface area contributed by atoms with Gasteiger partial charge in [-0.2, -0.15) is 0 Å². The molecule has 130 valence electrons. The number of carbonyl (C=O) groups is 2. The fourth-order valence-corrected chi connectivity index (χ4v) is 4.04. The number of pyridine rings is 1. The molecule has 1 amide bonds. The zero-order valence-corrected chi connectivity index (χ0v) is 14.1. The molecule has 0 aliphatic carbocycles. The minimum atomic E-state index is -0.875. The summed E-state index contributed by atoms with van der Waals surface area (Å²) in [6.07, 6.45) is 5.27. The van der Waals surface area contributed by atoms with E-state index in [9.17, 15) is 14.7 Å². The van der Waals surface area contributed by atoms with Gasteiger partial charge in [0.15, 0.2) is 0 Å². The third kappa shape index (κ3) is 3.59. The van der Waals surface area contributed by atoms with Gasteiger partial charge >= 0.3 is 5.97 Å². The third-order valence-corrected chi connectivity index (χ3v) is 5.52. The quantitative estimate of drug-likeness (QED) is 0.903. The van der Waals surface area contributed by atoms with E-state index in [1.165, 1.54) is 6.92 Å². The van der Waals surface area contributed by atoms with Crippen molar-refractivity contribution in [3.05, 3.63) is 30.1 Å². The Balaban J connectivity index is 1.54. The second-order valence-corrected chi connectivity index (χ2v) is 7.12. The number of carboxylic acids is 1. The van der Waals surface area contributed by atoms with Crippen molar-refractivity contribution in [2.45, 2.75) is 38.6 Å². The number of aliphatic carboxylic acids is 1. The molecular formula is C18H25N3O3. The number of carbonyl (C=O) groups excluding carboxylic acids is 1. The monoisotopic (exact) mass is 331 g/mol. The molecule has 3 heterocycles. The highest BCUT2D eigenvalue weighted by molar-refractivity contribution is 5.83. The number of carboxylic acid groups (broad SMARTS) is 1. The van der Waals surface area contributed by atoms with Crippen LogP contribution in [0.4, 0.5) is 0 Å². The van der Waals surface area contributed by atoms with Crippen molar-refractivity contribution < 1.29 is 14.7 Å². The molecule has 24 heavy (non-hydrogen) atoms. The number of likely N-dealkylation sites (tertiary alicyclic amines) is 2. The Morgan fingerprint density at radius 1 is 1.33 bits per heavy atom. The van der Waals surface area contributed by atoms with Gasteiger partial charge < -0.3 is 14.9 Å². The van der Waals surface area contributed by atoms with Crippen LogP contribution in [0.2, 0.25) is 0 Å². The van der Waals surface area contributed by atoms with Gasteiger partial charge in [0.2, 0.25) is 5.91 Å². The highest BCUT2D eigenvalue weighted by atomic mass is 16.4. The normalized spacial score (nSPS) is 23.5. The molecule has 0 aromatic carbocycles. The van der Waals surface area contributed by atoms with Crippen LogP contribution in [0.1, 0.15) is 31.9 Å². The van der Waals surface area contributed by atoms with Crippen LogP contribution in [0.5, 0.6) is 0 Å². The lowest BCUT2D eigenvalue weighted by atomic mass is 9.76. The molecule has 2 aliphatic heterocycles. The van der Waals surface area contributed by atoms with Gasteiger partial charge in [-0.3, -0.25) is 9.78 Å². The largest absolute Gasteiger partial charge is 0.480 e. The van der Waals surface area contributed by atoms with Crippen molar-refractivity contribution in [1.82, 2.24) is 14.8 Å². The van der Waals surface area contributed by atoms with Crippen LogP contribution in [0.15, 0.2) is 24.4 Å². The number of aromatic nitrogens is 1. The summed E-state index contributed by atoms with van der Waals surface area (Å²) in [5.41, 5.74) is 1.09. The zero-order valence-electron chi connectivity index (χ0n) is 14.1. The van der Waals surface area contributed by atoms with Gasteiger partial charge in [0.05, 0.1) is 0 Å². The summed E-state index contributed by atoms with van der Waals surface area (Å²) in [5.74, 6) is -1.00. The van der Waals surface area contributed by atoms with Gasteiger partial charge in [-0.05, 0) is 49.9 Å². The standard InChI is InChI=1S/C18H25N3O3/c1-14(22)21-13-18(12-16(21)17(23)24)6-10-20(11-7-18)9-5-15-4-2-3-8-19-15/h2-4,8,16H,5-7,9-13H2,1H3,(H,23,24). The van der Waals surface area contributed by atoms with Crippen LogP contribution in [0.25, 0.3) is 0 Å². The van der Waals surface area contributed by atoms with Crippen LogP contribution in [0.3, 0.4) is 0 Å². The molecule has 1 unspecified atom stereocenters. The van der Waals surface area contributed by atoms with E-state index in [0.717, 1.165) is 44.6 Å². The van der Waals surface area contributed by atoms with E-state index in [1.54, 1.807) is 4.90 Å². The van der Waals surface area contributed by atoms with Crippen LogP contribution >= 0.6 is 0 Å². The van der Waals surface area contributed by atoms with E-state index in [2.05, 4.69) is 9.88 Å². The van der Waals surface area contributed by atoms with Gasteiger partial charge in [0.1, 0.15) is 6.04 Å². The zero-order chi connectivity index (χ0) is 17.2. The Morgan fingerprint density at radius 3 is 2.62 bits per heavy atom. The number of amides is 1. The maximum atomic E-state index is 11.8. The maximum Gasteiger partial charge on any atom is 0.326 e. The molecule has 0 saturated carbocycles. The predicted octanol–water partition coefficient (Wildman–Crippen LogP) is 1.41. The van der Waals surface area contributed by atoms with E-state index in [4.69, 9.17) is 0 Å². The van der Waals surface area contributed by atoms with Crippen molar-refractivity contribution in [3.8, 4) is 0 Å². The number of hydrogen-bond acceptors (Lipinski definition) is 4. The molecule has 0 radical (unpaired) electrons. The minimum absolute atomic E-state index is 0.0176. The van der Waals surface area contributed by atoms with E-state index < -0.39 is 12.0 Å². The van der Waals surface area contributed by atoms with Crippen LogP contribution in [-0.4, -0.2) is 64.0 Å². The first-order valence-electron chi connectivity index (χ1n) is 8.61. The fourth-order valence-electron chi connectivity index (χ4n) is 4.04. The summed E-state index contributed by atoms with van der Waals surface area (Å²) in [6, 6.07) is 5.33. The molecule has 1 N–H and O–H groups in total. The molecule has 1 aromatic heterocycles. The van der Waals surface area contributed by atoms with Crippen LogP contribution in [-0.2, 0) is 16.0 Å². The number of rotatable bonds is 4. The van der Waals surface area contributed by atoms with Crippen molar-refractivity contribution in [3.63, 3.8) is 0 Å². The maximum absolute atomic E-state index is 11.8. The molecule has 1 atom stereocenters. The fraction of sp³-hybridized carbons (Fsp3) is 0.611. The van der Waals surface area contributed by atoms with Gasteiger partial charge in [0.25, 0.3) is 0 Å². The second-order valence-electron chi connectivity index (χ2n) is 7.12.